The van der Waals surface area contributed by atoms with Crippen LogP contribution in [0.15, 0.2) is 194 Å². The van der Waals surface area contributed by atoms with Gasteiger partial charge >= 0.3 is 0 Å². The average molecular weight is 807 g/mol. The minimum atomic E-state index is -0.239. The molecule has 2 unspecified atom stereocenters. The molecule has 2 aliphatic carbocycles. The van der Waals surface area contributed by atoms with Crippen LogP contribution in [0.5, 0.6) is 0 Å². The normalized spacial score (nSPS) is 22.3. The van der Waals surface area contributed by atoms with Gasteiger partial charge in [-0.15, -0.1) is 0 Å². The van der Waals surface area contributed by atoms with Crippen molar-refractivity contribution >= 4 is 17.4 Å². The van der Waals surface area contributed by atoms with E-state index in [4.69, 9.17) is 19.7 Å². The quantitative estimate of drug-likeness (QED) is 0.141. The lowest BCUT2D eigenvalue weighted by molar-refractivity contribution is -0.538. The number of hydrogen-bond acceptors (Lipinski definition) is 0. The molecule has 1 aliphatic heterocycles. The Morgan fingerprint density at radius 2 is 1.06 bits per heavy atom. The molecular weight excluding hydrogens is 747 g/mol. The molecule has 1 saturated heterocycles. The first-order valence-electron chi connectivity index (χ1n) is 22.1. The maximum atomic E-state index is 4.77. The number of piperidine rings is 1. The molecular formula is C61H60N+. The third-order valence-corrected chi connectivity index (χ3v) is 15.3. The van der Waals surface area contributed by atoms with Crippen LogP contribution in [0.1, 0.15) is 84.6 Å². The zero-order valence-corrected chi connectivity index (χ0v) is 38.2. The maximum absolute atomic E-state index is 4.77. The Kier molecular flexibility index (Phi) is 9.53. The Morgan fingerprint density at radius 1 is 0.565 bits per heavy atom. The summed E-state index contributed by atoms with van der Waals surface area (Å²) in [5.74, 6) is 0. The van der Waals surface area contributed by atoms with Crippen LogP contribution in [0.2, 0.25) is 0 Å². The summed E-state index contributed by atoms with van der Waals surface area (Å²) in [5.41, 5.74) is 19.5. The summed E-state index contributed by atoms with van der Waals surface area (Å²) < 4.78 is 2.41. The molecule has 308 valence electrons. The van der Waals surface area contributed by atoms with Crippen LogP contribution in [0.4, 0.5) is 0 Å². The second-order valence-electron chi connectivity index (χ2n) is 20.4. The van der Waals surface area contributed by atoms with Crippen molar-refractivity contribution < 1.29 is 4.58 Å². The molecule has 1 heteroatoms. The van der Waals surface area contributed by atoms with Crippen molar-refractivity contribution in [2.24, 2.45) is 10.8 Å². The van der Waals surface area contributed by atoms with E-state index in [-0.39, 0.29) is 27.2 Å². The van der Waals surface area contributed by atoms with E-state index in [2.05, 4.69) is 231 Å². The van der Waals surface area contributed by atoms with Gasteiger partial charge in [-0.05, 0) is 127 Å². The van der Waals surface area contributed by atoms with Gasteiger partial charge in [-0.1, -0.05) is 189 Å². The van der Waals surface area contributed by atoms with Gasteiger partial charge in [0.05, 0.1) is 5.41 Å². The molecule has 0 spiro atoms. The van der Waals surface area contributed by atoms with Crippen LogP contribution < -0.4 is 0 Å². The van der Waals surface area contributed by atoms with Crippen molar-refractivity contribution in [3.8, 4) is 44.5 Å². The molecule has 2 atom stereocenters. The zero-order chi connectivity index (χ0) is 44.0. The molecule has 9 rings (SSSR count). The van der Waals surface area contributed by atoms with Crippen LogP contribution >= 0.6 is 0 Å². The summed E-state index contributed by atoms with van der Waals surface area (Å²) in [4.78, 5) is 0. The summed E-state index contributed by atoms with van der Waals surface area (Å²) in [6.45, 7) is 35.4. The number of nitrogens with zero attached hydrogens (tertiary/aromatic N) is 1. The summed E-state index contributed by atoms with van der Waals surface area (Å²) in [5, 5.41) is 0. The smallest absolute Gasteiger partial charge is 0.192 e. The zero-order valence-electron chi connectivity index (χ0n) is 38.2. The molecule has 1 nitrogen and oxygen atoms in total. The van der Waals surface area contributed by atoms with Gasteiger partial charge < -0.3 is 0 Å². The summed E-state index contributed by atoms with van der Waals surface area (Å²) in [7, 11) is 0. The highest BCUT2D eigenvalue weighted by Gasteiger charge is 2.88. The van der Waals surface area contributed by atoms with Gasteiger partial charge in [-0.3, -0.25) is 0 Å². The van der Waals surface area contributed by atoms with Crippen LogP contribution in [-0.4, -0.2) is 16.3 Å². The van der Waals surface area contributed by atoms with Gasteiger partial charge in [0.2, 0.25) is 5.70 Å². The highest BCUT2D eigenvalue weighted by Crippen LogP contribution is 2.80. The summed E-state index contributed by atoms with van der Waals surface area (Å²) in [6.07, 6.45) is 7.11. The van der Waals surface area contributed by atoms with Crippen LogP contribution in [0.25, 0.3) is 55.7 Å². The molecule has 0 aromatic heterocycles. The number of hydrogen-bond donors (Lipinski definition) is 0. The monoisotopic (exact) mass is 806 g/mol. The Labute approximate surface area is 370 Å². The Bertz CT molecular complexity index is 2950. The first-order chi connectivity index (χ1) is 29.3. The summed E-state index contributed by atoms with van der Waals surface area (Å²) >= 11 is 0. The predicted molar refractivity (Wildman–Crippen MR) is 266 cm³/mol. The number of allylic oxidation sites excluding steroid dienone is 5. The SMILES string of the molecule is C=C1C(=C)[N+](=CC(=C)c2cc(-c3cccc(-c4cccc(-c5cccc(-c6ccccc6)c5)c4)c3)cc(C(C)(C)C)c2)C2(C)C(C)(C)C2(C)/C1=C/C1=CC(C)(C)c2ccccc21. The number of rotatable bonds is 7. The molecule has 62 heavy (non-hydrogen) atoms. The lowest BCUT2D eigenvalue weighted by Gasteiger charge is -2.29. The third kappa shape index (κ3) is 6.39. The molecule has 0 radical (unpaired) electrons. The fourth-order valence-corrected chi connectivity index (χ4v) is 10.8. The van der Waals surface area contributed by atoms with Crippen molar-refractivity contribution in [2.45, 2.75) is 78.7 Å². The van der Waals surface area contributed by atoms with E-state index in [0.717, 1.165) is 22.4 Å². The van der Waals surface area contributed by atoms with Gasteiger partial charge in [0.25, 0.3) is 0 Å². The molecule has 6 aromatic rings. The molecule has 0 N–H and O–H groups in total. The van der Waals surface area contributed by atoms with Gasteiger partial charge in [-0.25, -0.2) is 0 Å². The largest absolute Gasteiger partial charge is 0.205 e. The van der Waals surface area contributed by atoms with Crippen molar-refractivity contribution in [3.05, 3.63) is 217 Å². The van der Waals surface area contributed by atoms with Crippen LogP contribution in [0.3, 0.4) is 0 Å². The van der Waals surface area contributed by atoms with Crippen LogP contribution in [-0.2, 0) is 10.8 Å². The fourth-order valence-electron chi connectivity index (χ4n) is 10.8. The number of benzene rings is 6. The van der Waals surface area contributed by atoms with Crippen molar-refractivity contribution in [1.82, 2.24) is 0 Å². The van der Waals surface area contributed by atoms with Crippen molar-refractivity contribution in [3.63, 3.8) is 0 Å². The molecule has 0 amide bonds. The van der Waals surface area contributed by atoms with Gasteiger partial charge in [0.1, 0.15) is 0 Å². The van der Waals surface area contributed by atoms with Gasteiger partial charge in [0, 0.05) is 28.9 Å². The standard InChI is InChI=1S/C61H60N/c1-40(39-62-42(3)41(2)56(60(11)59(9,10)61(60,62)12)37-52-38-58(7,8)55-30-17-16-29-54(52)55)50-34-51(36-53(35-50)57(4,5)6)49-28-20-27-48(33-49)47-26-19-25-46(32-47)45-24-18-23-44(31-45)43-21-14-13-15-22-43/h13-39H,1-3H2,4-12H3/q+1/b56-37+,62-39?. The topological polar surface area (TPSA) is 3.01 Å². The highest BCUT2D eigenvalue weighted by atomic mass is 15.2. The number of fused-ring (bicyclic) bond motifs is 2. The second kappa shape index (κ2) is 14.4. The third-order valence-electron chi connectivity index (χ3n) is 15.3. The summed E-state index contributed by atoms with van der Waals surface area (Å²) in [6, 6.07) is 53.2. The Hall–Kier alpha value is -6.31. The van der Waals surface area contributed by atoms with Crippen molar-refractivity contribution in [1.29, 1.82) is 0 Å². The molecule has 1 saturated carbocycles. The van der Waals surface area contributed by atoms with E-state index in [1.165, 1.54) is 72.3 Å². The van der Waals surface area contributed by atoms with Crippen molar-refractivity contribution in [2.75, 3.05) is 0 Å². The predicted octanol–water partition coefficient (Wildman–Crippen LogP) is 15.9. The van der Waals surface area contributed by atoms with E-state index >= 15 is 0 Å². The van der Waals surface area contributed by atoms with E-state index in [9.17, 15) is 0 Å². The minimum Gasteiger partial charge on any atom is -0.192 e. The minimum absolute atomic E-state index is 0.0280. The van der Waals surface area contributed by atoms with E-state index in [0.29, 0.717) is 0 Å². The molecule has 0 bridgehead atoms. The van der Waals surface area contributed by atoms with E-state index in [1.54, 1.807) is 0 Å². The average Bonchev–Trinajstić information content (AvgIpc) is 3.47. The van der Waals surface area contributed by atoms with E-state index < -0.39 is 0 Å². The Balaban J connectivity index is 1.06. The fraction of sp³-hybridized carbons (Fsp3) is 0.230. The molecule has 2 fully saturated rings. The maximum Gasteiger partial charge on any atom is 0.205 e. The molecule has 3 aliphatic rings. The first kappa shape index (κ1) is 41.1. The van der Waals surface area contributed by atoms with E-state index in [1.807, 2.05) is 0 Å². The Morgan fingerprint density at radius 3 is 1.63 bits per heavy atom. The molecule has 6 aromatic carbocycles. The van der Waals surface area contributed by atoms with Gasteiger partial charge in [0.15, 0.2) is 11.8 Å². The van der Waals surface area contributed by atoms with Gasteiger partial charge in [-0.2, -0.15) is 4.58 Å². The molecule has 1 heterocycles. The van der Waals surface area contributed by atoms with Crippen LogP contribution in [0, 0.1) is 10.8 Å². The first-order valence-corrected chi connectivity index (χ1v) is 22.1. The second-order valence-corrected chi connectivity index (χ2v) is 20.4. The highest BCUT2D eigenvalue weighted by molar-refractivity contribution is 6.07. The lowest BCUT2D eigenvalue weighted by Crippen LogP contribution is -2.38. The lowest BCUT2D eigenvalue weighted by atomic mass is 9.79.